The molecule has 1 amide bonds. The van der Waals surface area contributed by atoms with Crippen molar-refractivity contribution in [1.29, 1.82) is 0 Å². The Morgan fingerprint density at radius 1 is 1.12 bits per heavy atom. The zero-order valence-electron chi connectivity index (χ0n) is 14.8. The van der Waals surface area contributed by atoms with E-state index in [2.05, 4.69) is 29.0 Å². The summed E-state index contributed by atoms with van der Waals surface area (Å²) in [7, 11) is 0. The van der Waals surface area contributed by atoms with Gasteiger partial charge >= 0.3 is 6.18 Å². The third-order valence-corrected chi connectivity index (χ3v) is 3.79. The molecular formula is C19H22F3N3O. The lowest BCUT2D eigenvalue weighted by molar-refractivity contribution is -0.137. The molecule has 0 unspecified atom stereocenters. The van der Waals surface area contributed by atoms with Gasteiger partial charge in [-0.2, -0.15) is 13.2 Å². The van der Waals surface area contributed by atoms with Gasteiger partial charge in [-0.05, 0) is 37.1 Å². The zero-order chi connectivity index (χ0) is 19.2. The van der Waals surface area contributed by atoms with E-state index in [9.17, 15) is 18.0 Å². The number of alkyl halides is 3. The van der Waals surface area contributed by atoms with Crippen LogP contribution in [0.4, 0.5) is 24.5 Å². The molecule has 1 N–H and O–H groups in total. The first-order chi connectivity index (χ1) is 12.3. The number of anilines is 2. The van der Waals surface area contributed by atoms with E-state index in [4.69, 9.17) is 0 Å². The molecule has 4 nitrogen and oxygen atoms in total. The minimum Gasteiger partial charge on any atom is -0.370 e. The van der Waals surface area contributed by atoms with Crippen LogP contribution in [0.15, 0.2) is 42.7 Å². The second-order valence-electron chi connectivity index (χ2n) is 5.95. The van der Waals surface area contributed by atoms with Gasteiger partial charge < -0.3 is 10.2 Å². The minimum absolute atomic E-state index is 0.0919. The van der Waals surface area contributed by atoms with Gasteiger partial charge in [-0.25, -0.2) is 0 Å². The molecule has 7 heteroatoms. The fraction of sp³-hybridized carbons (Fsp3) is 0.368. The van der Waals surface area contributed by atoms with Crippen molar-refractivity contribution in [3.63, 3.8) is 0 Å². The number of nitrogens with one attached hydrogen (secondary N) is 1. The number of nitrogens with zero attached hydrogens (tertiary/aromatic N) is 2. The summed E-state index contributed by atoms with van der Waals surface area (Å²) in [5.41, 5.74) is 0.413. The number of hydrogen-bond donors (Lipinski definition) is 1. The molecule has 0 radical (unpaired) electrons. The Labute approximate surface area is 151 Å². The number of amides is 1. The van der Waals surface area contributed by atoms with Crippen LogP contribution in [0, 0.1) is 0 Å². The molecule has 1 aromatic carbocycles. The van der Waals surface area contributed by atoms with Crippen molar-refractivity contribution in [2.75, 3.05) is 23.3 Å². The SMILES string of the molecule is CCCN(CCC)c1cncc(C(=O)Nc2cccc(C(F)(F)F)c2)c1. The maximum Gasteiger partial charge on any atom is 0.416 e. The zero-order valence-corrected chi connectivity index (χ0v) is 14.8. The van der Waals surface area contributed by atoms with E-state index >= 15 is 0 Å². The number of aromatic nitrogens is 1. The van der Waals surface area contributed by atoms with Crippen LogP contribution in [-0.4, -0.2) is 24.0 Å². The second kappa shape index (κ2) is 8.69. The van der Waals surface area contributed by atoms with E-state index in [1.165, 1.54) is 18.3 Å². The van der Waals surface area contributed by atoms with Gasteiger partial charge in [0, 0.05) is 25.0 Å². The lowest BCUT2D eigenvalue weighted by Crippen LogP contribution is -2.25. The standard InChI is InChI=1S/C19H22F3N3O/c1-3-8-25(9-4-2)17-10-14(12-23-13-17)18(26)24-16-7-5-6-15(11-16)19(20,21)22/h5-7,10-13H,3-4,8-9H2,1-2H3,(H,24,26). The van der Waals surface area contributed by atoms with Crippen LogP contribution in [0.5, 0.6) is 0 Å². The number of benzene rings is 1. The average Bonchev–Trinajstić information content (AvgIpc) is 2.61. The van der Waals surface area contributed by atoms with Crippen molar-refractivity contribution >= 4 is 17.3 Å². The normalized spacial score (nSPS) is 11.3. The predicted octanol–water partition coefficient (Wildman–Crippen LogP) is 4.98. The molecule has 0 aliphatic rings. The fourth-order valence-electron chi connectivity index (χ4n) is 2.61. The molecule has 1 heterocycles. The highest BCUT2D eigenvalue weighted by Gasteiger charge is 2.30. The summed E-state index contributed by atoms with van der Waals surface area (Å²) in [6.07, 6.45) is 0.555. The summed E-state index contributed by atoms with van der Waals surface area (Å²) in [4.78, 5) is 18.7. The van der Waals surface area contributed by atoms with Crippen molar-refractivity contribution in [1.82, 2.24) is 4.98 Å². The van der Waals surface area contributed by atoms with Crippen molar-refractivity contribution in [3.8, 4) is 0 Å². The Hall–Kier alpha value is -2.57. The summed E-state index contributed by atoms with van der Waals surface area (Å²) < 4.78 is 38.4. The monoisotopic (exact) mass is 365 g/mol. The molecule has 0 bridgehead atoms. The van der Waals surface area contributed by atoms with Gasteiger partial charge in [0.1, 0.15) is 0 Å². The second-order valence-corrected chi connectivity index (χ2v) is 5.95. The van der Waals surface area contributed by atoms with Gasteiger partial charge in [0.15, 0.2) is 0 Å². The lowest BCUT2D eigenvalue weighted by Gasteiger charge is -2.23. The van der Waals surface area contributed by atoms with Crippen LogP contribution in [0.25, 0.3) is 0 Å². The van der Waals surface area contributed by atoms with Gasteiger partial charge in [-0.3, -0.25) is 9.78 Å². The molecule has 0 spiro atoms. The number of carbonyl (C=O) groups is 1. The topological polar surface area (TPSA) is 45.2 Å². The fourth-order valence-corrected chi connectivity index (χ4v) is 2.61. The van der Waals surface area contributed by atoms with Crippen molar-refractivity contribution in [2.45, 2.75) is 32.9 Å². The first-order valence-electron chi connectivity index (χ1n) is 8.53. The number of carbonyl (C=O) groups excluding carboxylic acids is 1. The highest BCUT2D eigenvalue weighted by molar-refractivity contribution is 6.04. The van der Waals surface area contributed by atoms with Crippen LogP contribution in [-0.2, 0) is 6.18 Å². The molecule has 26 heavy (non-hydrogen) atoms. The third-order valence-electron chi connectivity index (χ3n) is 3.79. The Morgan fingerprint density at radius 3 is 2.42 bits per heavy atom. The van der Waals surface area contributed by atoms with Gasteiger partial charge in [0.25, 0.3) is 5.91 Å². The summed E-state index contributed by atoms with van der Waals surface area (Å²) >= 11 is 0. The Kier molecular flexibility index (Phi) is 6.60. The molecule has 0 atom stereocenters. The van der Waals surface area contributed by atoms with E-state index in [0.29, 0.717) is 5.56 Å². The highest BCUT2D eigenvalue weighted by atomic mass is 19.4. The molecule has 140 valence electrons. The maximum atomic E-state index is 12.8. The van der Waals surface area contributed by atoms with Gasteiger partial charge in [-0.1, -0.05) is 19.9 Å². The van der Waals surface area contributed by atoms with Crippen molar-refractivity contribution in [3.05, 3.63) is 53.9 Å². The molecular weight excluding hydrogens is 343 g/mol. The van der Waals surface area contributed by atoms with E-state index < -0.39 is 17.6 Å². The highest BCUT2D eigenvalue weighted by Crippen LogP contribution is 2.30. The summed E-state index contributed by atoms with van der Waals surface area (Å²) in [6.45, 7) is 5.82. The molecule has 0 aliphatic carbocycles. The number of hydrogen-bond acceptors (Lipinski definition) is 3. The minimum atomic E-state index is -4.46. The maximum absolute atomic E-state index is 12.8. The summed E-state index contributed by atoms with van der Waals surface area (Å²) in [6, 6.07) is 6.27. The van der Waals surface area contributed by atoms with E-state index in [0.717, 1.165) is 43.8 Å². The van der Waals surface area contributed by atoms with Crippen LogP contribution in [0.3, 0.4) is 0 Å². The summed E-state index contributed by atoms with van der Waals surface area (Å²) in [5.74, 6) is -0.494. The van der Waals surface area contributed by atoms with Crippen LogP contribution < -0.4 is 10.2 Å². The molecule has 1 aromatic heterocycles. The Balaban J connectivity index is 2.19. The number of rotatable bonds is 7. The molecule has 2 aromatic rings. The summed E-state index contributed by atoms with van der Waals surface area (Å²) in [5, 5.41) is 2.50. The van der Waals surface area contributed by atoms with Gasteiger partial charge in [-0.15, -0.1) is 0 Å². The Morgan fingerprint density at radius 2 is 1.81 bits per heavy atom. The predicted molar refractivity (Wildman–Crippen MR) is 96.4 cm³/mol. The quantitative estimate of drug-likeness (QED) is 0.753. The largest absolute Gasteiger partial charge is 0.416 e. The van der Waals surface area contributed by atoms with E-state index in [1.54, 1.807) is 12.3 Å². The first kappa shape index (κ1) is 19.8. The van der Waals surface area contributed by atoms with Crippen molar-refractivity contribution in [2.24, 2.45) is 0 Å². The number of halogens is 3. The number of pyridine rings is 1. The van der Waals surface area contributed by atoms with Crippen molar-refractivity contribution < 1.29 is 18.0 Å². The third kappa shape index (κ3) is 5.21. The molecule has 2 rings (SSSR count). The molecule has 0 saturated carbocycles. The van der Waals surface area contributed by atoms with Gasteiger partial charge in [0.2, 0.25) is 0 Å². The van der Waals surface area contributed by atoms with Crippen LogP contribution >= 0.6 is 0 Å². The average molecular weight is 365 g/mol. The van der Waals surface area contributed by atoms with Gasteiger partial charge in [0.05, 0.1) is 23.0 Å². The van der Waals surface area contributed by atoms with Crippen LogP contribution in [0.2, 0.25) is 0 Å². The van der Waals surface area contributed by atoms with E-state index in [1.807, 2.05) is 0 Å². The first-order valence-corrected chi connectivity index (χ1v) is 8.53. The van der Waals surface area contributed by atoms with E-state index in [-0.39, 0.29) is 5.69 Å². The molecule has 0 saturated heterocycles. The smallest absolute Gasteiger partial charge is 0.370 e. The lowest BCUT2D eigenvalue weighted by atomic mass is 10.1. The molecule has 0 aliphatic heterocycles. The van der Waals surface area contributed by atoms with Crippen LogP contribution in [0.1, 0.15) is 42.6 Å². The Bertz CT molecular complexity index is 741. The molecule has 0 fully saturated rings.